The second kappa shape index (κ2) is 6.06. The van der Waals surface area contributed by atoms with Gasteiger partial charge in [-0.15, -0.1) is 0 Å². The molecular formula is C20H24N2O3. The van der Waals surface area contributed by atoms with E-state index in [2.05, 4.69) is 38.0 Å². The van der Waals surface area contributed by atoms with Gasteiger partial charge in [0.2, 0.25) is 11.8 Å². The summed E-state index contributed by atoms with van der Waals surface area (Å²) in [6.07, 6.45) is 1.61. The Morgan fingerprint density at radius 2 is 1.76 bits per heavy atom. The van der Waals surface area contributed by atoms with Gasteiger partial charge in [0.05, 0.1) is 19.0 Å². The van der Waals surface area contributed by atoms with Crippen molar-refractivity contribution in [3.05, 3.63) is 42.6 Å². The predicted molar refractivity (Wildman–Crippen MR) is 97.0 cm³/mol. The molecule has 0 bridgehead atoms. The van der Waals surface area contributed by atoms with Crippen molar-refractivity contribution >= 4 is 11.6 Å². The Bertz CT molecular complexity index is 768. The van der Waals surface area contributed by atoms with Crippen LogP contribution in [-0.2, 0) is 4.79 Å². The third kappa shape index (κ3) is 3.18. The van der Waals surface area contributed by atoms with E-state index in [0.29, 0.717) is 17.3 Å². The number of anilines is 1. The average molecular weight is 340 g/mol. The van der Waals surface area contributed by atoms with Gasteiger partial charge in [-0.3, -0.25) is 4.79 Å². The molecule has 1 fully saturated rings. The van der Waals surface area contributed by atoms with Gasteiger partial charge in [0.15, 0.2) is 0 Å². The lowest BCUT2D eigenvalue weighted by Gasteiger charge is -2.09. The van der Waals surface area contributed by atoms with Gasteiger partial charge >= 0.3 is 0 Å². The molecule has 0 aliphatic heterocycles. The van der Waals surface area contributed by atoms with Gasteiger partial charge in [-0.1, -0.05) is 33.8 Å². The van der Waals surface area contributed by atoms with Gasteiger partial charge in [0.25, 0.3) is 0 Å². The van der Waals surface area contributed by atoms with Gasteiger partial charge in [-0.2, -0.15) is 0 Å². The zero-order chi connectivity index (χ0) is 18.2. The van der Waals surface area contributed by atoms with Crippen LogP contribution in [0.3, 0.4) is 0 Å². The summed E-state index contributed by atoms with van der Waals surface area (Å²) in [5.41, 5.74) is 0.696. The van der Waals surface area contributed by atoms with Gasteiger partial charge in [-0.05, 0) is 29.0 Å². The number of benzene rings is 1. The number of amides is 1. The lowest BCUT2D eigenvalue weighted by Crippen LogP contribution is -2.17. The predicted octanol–water partition coefficient (Wildman–Crippen LogP) is 4.50. The minimum absolute atomic E-state index is 0.00714. The summed E-state index contributed by atoms with van der Waals surface area (Å²) in [4.78, 5) is 16.7. The maximum atomic E-state index is 12.5. The molecule has 0 atom stereocenters. The van der Waals surface area contributed by atoms with Crippen LogP contribution in [0.4, 0.5) is 5.69 Å². The average Bonchev–Trinajstić information content (AvgIpc) is 2.98. The number of pyridine rings is 1. The van der Waals surface area contributed by atoms with E-state index in [1.807, 2.05) is 18.2 Å². The highest BCUT2D eigenvalue weighted by Gasteiger charge is 2.68. The molecule has 0 saturated heterocycles. The number of carbonyl (C=O) groups excluding carboxylic acids is 1. The minimum atomic E-state index is 0.00714. The van der Waals surface area contributed by atoms with Crippen LogP contribution in [0.25, 0.3) is 0 Å². The molecule has 132 valence electrons. The number of nitrogens with zero attached hydrogens (tertiary/aromatic N) is 1. The van der Waals surface area contributed by atoms with E-state index in [0.717, 1.165) is 5.75 Å². The molecule has 1 aliphatic rings. The number of methoxy groups -OCH3 is 1. The Balaban J connectivity index is 1.64. The summed E-state index contributed by atoms with van der Waals surface area (Å²) >= 11 is 0. The molecule has 5 nitrogen and oxygen atoms in total. The van der Waals surface area contributed by atoms with E-state index in [1.54, 1.807) is 31.5 Å². The molecule has 5 heteroatoms. The van der Waals surface area contributed by atoms with Crippen LogP contribution in [0.15, 0.2) is 42.6 Å². The largest absolute Gasteiger partial charge is 0.497 e. The van der Waals surface area contributed by atoms with Crippen molar-refractivity contribution in [2.24, 2.45) is 16.7 Å². The smallest absolute Gasteiger partial charge is 0.228 e. The zero-order valence-corrected chi connectivity index (χ0v) is 15.3. The van der Waals surface area contributed by atoms with Crippen molar-refractivity contribution in [2.45, 2.75) is 27.7 Å². The third-order valence-corrected chi connectivity index (χ3v) is 5.55. The highest BCUT2D eigenvalue weighted by atomic mass is 16.5. The number of nitrogens with one attached hydrogen (secondary N) is 1. The first-order valence-corrected chi connectivity index (χ1v) is 8.34. The molecule has 2 aromatic rings. The quantitative estimate of drug-likeness (QED) is 0.870. The Kier molecular flexibility index (Phi) is 4.19. The topological polar surface area (TPSA) is 60.5 Å². The Morgan fingerprint density at radius 1 is 1.08 bits per heavy atom. The van der Waals surface area contributed by atoms with Crippen LogP contribution in [0, 0.1) is 16.7 Å². The second-order valence-corrected chi connectivity index (χ2v) is 7.53. The minimum Gasteiger partial charge on any atom is -0.497 e. The summed E-state index contributed by atoms with van der Waals surface area (Å²) in [5, 5.41) is 2.95. The van der Waals surface area contributed by atoms with Crippen LogP contribution in [0.1, 0.15) is 27.7 Å². The fourth-order valence-corrected chi connectivity index (χ4v) is 3.37. The zero-order valence-electron chi connectivity index (χ0n) is 15.3. The van der Waals surface area contributed by atoms with Crippen LogP contribution < -0.4 is 14.8 Å². The van der Waals surface area contributed by atoms with E-state index in [1.165, 1.54) is 0 Å². The maximum Gasteiger partial charge on any atom is 0.228 e. The number of ether oxygens (including phenoxy) is 2. The van der Waals surface area contributed by atoms with Gasteiger partial charge in [0.1, 0.15) is 11.5 Å². The fraction of sp³-hybridized carbons (Fsp3) is 0.400. The van der Waals surface area contributed by atoms with Crippen molar-refractivity contribution in [2.75, 3.05) is 12.4 Å². The third-order valence-electron chi connectivity index (χ3n) is 5.55. The van der Waals surface area contributed by atoms with Gasteiger partial charge in [-0.25, -0.2) is 4.98 Å². The highest BCUT2D eigenvalue weighted by Crippen LogP contribution is 2.68. The molecule has 1 aliphatic carbocycles. The van der Waals surface area contributed by atoms with Gasteiger partial charge < -0.3 is 14.8 Å². The van der Waals surface area contributed by atoms with E-state index in [4.69, 9.17) is 9.47 Å². The molecule has 3 rings (SSSR count). The monoisotopic (exact) mass is 340 g/mol. The maximum absolute atomic E-state index is 12.5. The lowest BCUT2D eigenvalue weighted by atomic mass is 10.0. The van der Waals surface area contributed by atoms with Crippen molar-refractivity contribution in [3.8, 4) is 17.4 Å². The molecule has 0 spiro atoms. The number of carbonyl (C=O) groups is 1. The molecule has 0 radical (unpaired) electrons. The molecular weight excluding hydrogens is 316 g/mol. The Labute approximate surface area is 148 Å². The van der Waals surface area contributed by atoms with Crippen LogP contribution in [0.5, 0.6) is 17.4 Å². The molecule has 1 aromatic heterocycles. The van der Waals surface area contributed by atoms with E-state index in [-0.39, 0.29) is 22.7 Å². The van der Waals surface area contributed by atoms with Crippen molar-refractivity contribution in [3.63, 3.8) is 0 Å². The Morgan fingerprint density at radius 3 is 2.32 bits per heavy atom. The first kappa shape index (κ1) is 17.3. The molecule has 1 amide bonds. The molecule has 1 N–H and O–H groups in total. The second-order valence-electron chi connectivity index (χ2n) is 7.53. The first-order valence-electron chi connectivity index (χ1n) is 8.34. The van der Waals surface area contributed by atoms with E-state index in [9.17, 15) is 4.79 Å². The number of rotatable bonds is 5. The van der Waals surface area contributed by atoms with E-state index < -0.39 is 0 Å². The van der Waals surface area contributed by atoms with Crippen LogP contribution in [-0.4, -0.2) is 18.0 Å². The SMILES string of the molecule is COc1cccc(Oc2ccc(NC(=O)C3C(C)(C)C3(C)C)cn2)c1. The molecule has 1 aromatic carbocycles. The van der Waals surface area contributed by atoms with Crippen LogP contribution in [0.2, 0.25) is 0 Å². The first-order chi connectivity index (χ1) is 11.8. The number of aromatic nitrogens is 1. The molecule has 25 heavy (non-hydrogen) atoms. The van der Waals surface area contributed by atoms with E-state index >= 15 is 0 Å². The van der Waals surface area contributed by atoms with Crippen molar-refractivity contribution < 1.29 is 14.3 Å². The normalized spacial score (nSPS) is 17.6. The molecule has 0 unspecified atom stereocenters. The Hall–Kier alpha value is -2.56. The van der Waals surface area contributed by atoms with Crippen LogP contribution >= 0.6 is 0 Å². The van der Waals surface area contributed by atoms with Crippen molar-refractivity contribution in [1.29, 1.82) is 0 Å². The standard InChI is InChI=1S/C20H24N2O3/c1-19(2)17(20(19,3)4)18(23)22-13-9-10-16(21-12-13)25-15-8-6-7-14(11-15)24-5/h6-12,17H,1-5H3,(H,22,23). The molecule has 1 saturated carbocycles. The summed E-state index contributed by atoms with van der Waals surface area (Å²) in [6.45, 7) is 8.50. The lowest BCUT2D eigenvalue weighted by molar-refractivity contribution is -0.118. The summed E-state index contributed by atoms with van der Waals surface area (Å²) in [5.74, 6) is 1.87. The fourth-order valence-electron chi connectivity index (χ4n) is 3.37. The van der Waals surface area contributed by atoms with Gasteiger partial charge in [0, 0.05) is 18.1 Å². The highest BCUT2D eigenvalue weighted by molar-refractivity contribution is 5.96. The summed E-state index contributed by atoms with van der Waals surface area (Å²) in [7, 11) is 1.61. The summed E-state index contributed by atoms with van der Waals surface area (Å²) < 4.78 is 10.9. The number of hydrogen-bond donors (Lipinski definition) is 1. The van der Waals surface area contributed by atoms with Crippen molar-refractivity contribution in [1.82, 2.24) is 4.98 Å². The number of hydrogen-bond acceptors (Lipinski definition) is 4. The molecule has 1 heterocycles. The summed E-state index contributed by atoms with van der Waals surface area (Å²) in [6, 6.07) is 10.8.